The summed E-state index contributed by atoms with van der Waals surface area (Å²) in [6, 6.07) is 0.500. The molecule has 0 amide bonds. The molecule has 0 aromatic carbocycles. The van der Waals surface area contributed by atoms with Gasteiger partial charge in [-0.15, -0.1) is 0 Å². The quantitative estimate of drug-likeness (QED) is 0.727. The normalized spacial score (nSPS) is 31.2. The van der Waals surface area contributed by atoms with Crippen molar-refractivity contribution in [1.82, 2.24) is 0 Å². The molecule has 1 saturated carbocycles. The average molecular weight is 211 g/mol. The van der Waals surface area contributed by atoms with E-state index >= 15 is 0 Å². The van der Waals surface area contributed by atoms with Gasteiger partial charge in [-0.25, -0.2) is 0 Å². The summed E-state index contributed by atoms with van der Waals surface area (Å²) in [6.07, 6.45) is 10.8. The summed E-state index contributed by atoms with van der Waals surface area (Å²) in [5.74, 6) is 0.960. The first-order valence-corrected chi connectivity index (χ1v) is 6.85. The zero-order valence-corrected chi connectivity index (χ0v) is 10.9. The summed E-state index contributed by atoms with van der Waals surface area (Å²) in [5, 5.41) is 0. The van der Waals surface area contributed by atoms with Crippen molar-refractivity contribution in [3.8, 4) is 0 Å². The Morgan fingerprint density at radius 1 is 1.13 bits per heavy atom. The lowest BCUT2D eigenvalue weighted by Gasteiger charge is -2.35. The molecule has 0 aromatic rings. The topological polar surface area (TPSA) is 26.0 Å². The predicted molar refractivity (Wildman–Crippen MR) is 67.9 cm³/mol. The van der Waals surface area contributed by atoms with Crippen LogP contribution in [0.2, 0.25) is 0 Å². The van der Waals surface area contributed by atoms with E-state index in [1.807, 2.05) is 0 Å². The maximum absolute atomic E-state index is 5.95. The van der Waals surface area contributed by atoms with Crippen LogP contribution in [-0.4, -0.2) is 6.04 Å². The van der Waals surface area contributed by atoms with Gasteiger partial charge in [0.15, 0.2) is 0 Å². The molecular weight excluding hydrogens is 182 g/mol. The van der Waals surface area contributed by atoms with E-state index in [1.165, 1.54) is 51.4 Å². The molecule has 1 atom stereocenters. The summed E-state index contributed by atoms with van der Waals surface area (Å²) in [4.78, 5) is 0. The van der Waals surface area contributed by atoms with Gasteiger partial charge in [0.1, 0.15) is 0 Å². The molecular formula is C14H29N. The molecule has 1 aliphatic carbocycles. The zero-order chi connectivity index (χ0) is 11.3. The highest BCUT2D eigenvalue weighted by Crippen LogP contribution is 2.39. The Balaban J connectivity index is 2.38. The van der Waals surface area contributed by atoms with Crippen LogP contribution in [0.4, 0.5) is 0 Å². The van der Waals surface area contributed by atoms with E-state index in [0.29, 0.717) is 11.5 Å². The Kier molecular flexibility index (Phi) is 5.11. The minimum absolute atomic E-state index is 0.500. The van der Waals surface area contributed by atoms with Crippen molar-refractivity contribution in [2.75, 3.05) is 0 Å². The highest BCUT2D eigenvalue weighted by atomic mass is 14.6. The summed E-state index contributed by atoms with van der Waals surface area (Å²) in [5.41, 5.74) is 6.55. The van der Waals surface area contributed by atoms with Crippen LogP contribution in [0.1, 0.15) is 72.1 Å². The molecule has 15 heavy (non-hydrogen) atoms. The van der Waals surface area contributed by atoms with E-state index in [4.69, 9.17) is 5.73 Å². The smallest absolute Gasteiger partial charge is 0.00390 e. The second-order valence-electron chi connectivity index (χ2n) is 5.90. The molecule has 0 saturated heterocycles. The van der Waals surface area contributed by atoms with Crippen LogP contribution in [-0.2, 0) is 0 Å². The molecule has 1 rings (SSSR count). The van der Waals surface area contributed by atoms with Crippen molar-refractivity contribution < 1.29 is 0 Å². The van der Waals surface area contributed by atoms with Crippen LogP contribution >= 0.6 is 0 Å². The summed E-state index contributed by atoms with van der Waals surface area (Å²) in [6.45, 7) is 7.14. The first-order chi connectivity index (χ1) is 7.09. The van der Waals surface area contributed by atoms with E-state index in [2.05, 4.69) is 20.8 Å². The van der Waals surface area contributed by atoms with Crippen molar-refractivity contribution in [3.63, 3.8) is 0 Å². The molecule has 90 valence electrons. The zero-order valence-electron chi connectivity index (χ0n) is 10.9. The molecule has 1 fully saturated rings. The summed E-state index contributed by atoms with van der Waals surface area (Å²) >= 11 is 0. The molecule has 0 aliphatic heterocycles. The molecule has 1 aliphatic rings. The minimum Gasteiger partial charge on any atom is -0.328 e. The Bertz CT molecular complexity index is 170. The van der Waals surface area contributed by atoms with Crippen molar-refractivity contribution in [3.05, 3.63) is 0 Å². The maximum atomic E-state index is 5.95. The van der Waals surface area contributed by atoms with Gasteiger partial charge in [0.2, 0.25) is 0 Å². The molecule has 0 radical (unpaired) electrons. The highest BCUT2D eigenvalue weighted by molar-refractivity contribution is 4.81. The van der Waals surface area contributed by atoms with Crippen LogP contribution in [0.5, 0.6) is 0 Å². The standard InChI is InChI=1S/C14H29N/c1-4-10-14(3,5-2)11-12-6-8-13(15)9-7-12/h12-13H,4-11,15H2,1-3H3. The largest absolute Gasteiger partial charge is 0.328 e. The van der Waals surface area contributed by atoms with Crippen LogP contribution < -0.4 is 5.73 Å². The second-order valence-corrected chi connectivity index (χ2v) is 5.90. The Labute approximate surface area is 95.8 Å². The van der Waals surface area contributed by atoms with Gasteiger partial charge in [-0.3, -0.25) is 0 Å². The number of nitrogens with two attached hydrogens (primary N) is 1. The molecule has 2 N–H and O–H groups in total. The molecule has 0 spiro atoms. The number of hydrogen-bond acceptors (Lipinski definition) is 1. The van der Waals surface area contributed by atoms with Crippen LogP contribution in [0.15, 0.2) is 0 Å². The monoisotopic (exact) mass is 211 g/mol. The number of rotatable bonds is 5. The second kappa shape index (κ2) is 5.89. The molecule has 1 nitrogen and oxygen atoms in total. The first kappa shape index (κ1) is 13.0. The van der Waals surface area contributed by atoms with Crippen LogP contribution in [0.25, 0.3) is 0 Å². The Morgan fingerprint density at radius 3 is 2.20 bits per heavy atom. The first-order valence-electron chi connectivity index (χ1n) is 6.85. The average Bonchev–Trinajstić information content (AvgIpc) is 2.22. The molecule has 1 heteroatoms. The lowest BCUT2D eigenvalue weighted by Crippen LogP contribution is -2.29. The summed E-state index contributed by atoms with van der Waals surface area (Å²) in [7, 11) is 0. The van der Waals surface area contributed by atoms with E-state index in [9.17, 15) is 0 Å². The van der Waals surface area contributed by atoms with Gasteiger partial charge in [-0.1, -0.05) is 33.6 Å². The van der Waals surface area contributed by atoms with Gasteiger partial charge in [-0.05, 0) is 49.9 Å². The van der Waals surface area contributed by atoms with Crippen LogP contribution in [0, 0.1) is 11.3 Å². The maximum Gasteiger partial charge on any atom is 0.00390 e. The molecule has 0 bridgehead atoms. The van der Waals surface area contributed by atoms with Gasteiger partial charge in [-0.2, -0.15) is 0 Å². The lowest BCUT2D eigenvalue weighted by atomic mass is 9.71. The third-order valence-corrected chi connectivity index (χ3v) is 4.38. The van der Waals surface area contributed by atoms with Crippen molar-refractivity contribution in [2.24, 2.45) is 17.1 Å². The molecule has 0 aromatic heterocycles. The SMILES string of the molecule is CCCC(C)(CC)CC1CCC(N)CC1. The van der Waals surface area contributed by atoms with E-state index in [-0.39, 0.29) is 0 Å². The van der Waals surface area contributed by atoms with Crippen molar-refractivity contribution in [2.45, 2.75) is 78.2 Å². The fourth-order valence-corrected chi connectivity index (χ4v) is 3.12. The third-order valence-electron chi connectivity index (χ3n) is 4.38. The van der Waals surface area contributed by atoms with Gasteiger partial charge < -0.3 is 5.73 Å². The van der Waals surface area contributed by atoms with Gasteiger partial charge in [0.25, 0.3) is 0 Å². The Hall–Kier alpha value is -0.0400. The third kappa shape index (κ3) is 4.14. The minimum atomic E-state index is 0.500. The van der Waals surface area contributed by atoms with Gasteiger partial charge in [0.05, 0.1) is 0 Å². The van der Waals surface area contributed by atoms with E-state index < -0.39 is 0 Å². The molecule has 1 unspecified atom stereocenters. The van der Waals surface area contributed by atoms with E-state index in [0.717, 1.165) is 5.92 Å². The van der Waals surface area contributed by atoms with Crippen molar-refractivity contribution >= 4 is 0 Å². The fraction of sp³-hybridized carbons (Fsp3) is 1.00. The van der Waals surface area contributed by atoms with Crippen molar-refractivity contribution in [1.29, 1.82) is 0 Å². The van der Waals surface area contributed by atoms with Crippen LogP contribution in [0.3, 0.4) is 0 Å². The van der Waals surface area contributed by atoms with Gasteiger partial charge >= 0.3 is 0 Å². The number of hydrogen-bond donors (Lipinski definition) is 1. The van der Waals surface area contributed by atoms with E-state index in [1.54, 1.807) is 0 Å². The fourth-order valence-electron chi connectivity index (χ4n) is 3.12. The highest BCUT2D eigenvalue weighted by Gasteiger charge is 2.27. The Morgan fingerprint density at radius 2 is 1.73 bits per heavy atom. The summed E-state index contributed by atoms with van der Waals surface area (Å²) < 4.78 is 0. The lowest BCUT2D eigenvalue weighted by molar-refractivity contribution is 0.175. The van der Waals surface area contributed by atoms with Gasteiger partial charge in [0, 0.05) is 6.04 Å². The predicted octanol–water partition coefficient (Wildman–Crippen LogP) is 4.11. The molecule has 0 heterocycles.